The first-order valence-corrected chi connectivity index (χ1v) is 12.2. The second kappa shape index (κ2) is 9.82. The van der Waals surface area contributed by atoms with E-state index in [4.69, 9.17) is 21.1 Å². The zero-order chi connectivity index (χ0) is 21.0. The molecule has 2 aromatic rings. The van der Waals surface area contributed by atoms with Crippen LogP contribution >= 0.6 is 34.2 Å². The van der Waals surface area contributed by atoms with E-state index in [2.05, 4.69) is 9.62 Å². The highest BCUT2D eigenvalue weighted by Crippen LogP contribution is 2.33. The Morgan fingerprint density at radius 2 is 1.86 bits per heavy atom. The molecule has 0 aromatic heterocycles. The Hall–Kier alpha value is -1.07. The minimum atomic E-state index is -3.63. The van der Waals surface area contributed by atoms with Gasteiger partial charge in [0.1, 0.15) is 4.90 Å². The minimum absolute atomic E-state index is 0.148. The molecule has 9 heteroatoms. The van der Waals surface area contributed by atoms with Gasteiger partial charge in [-0.1, -0.05) is 17.7 Å². The van der Waals surface area contributed by atoms with Crippen molar-refractivity contribution in [2.24, 2.45) is 0 Å². The predicted molar refractivity (Wildman–Crippen MR) is 123 cm³/mol. The topological polar surface area (TPSA) is 67.9 Å². The van der Waals surface area contributed by atoms with E-state index in [9.17, 15) is 8.42 Å². The fourth-order valence-corrected chi connectivity index (χ4v) is 6.67. The lowest BCUT2D eigenvalue weighted by molar-refractivity contribution is 0.250. The van der Waals surface area contributed by atoms with E-state index >= 15 is 0 Å². The molecule has 2 aromatic carbocycles. The lowest BCUT2D eigenvalue weighted by Gasteiger charge is -2.29. The maximum Gasteiger partial charge on any atom is 0.243 e. The molecule has 0 bridgehead atoms. The van der Waals surface area contributed by atoms with Crippen molar-refractivity contribution in [3.63, 3.8) is 0 Å². The first-order valence-electron chi connectivity index (χ1n) is 9.25. The zero-order valence-corrected chi connectivity index (χ0v) is 20.1. The van der Waals surface area contributed by atoms with Gasteiger partial charge in [-0.05, 0) is 77.4 Å². The Morgan fingerprint density at radius 3 is 2.52 bits per heavy atom. The molecule has 1 heterocycles. The highest BCUT2D eigenvalue weighted by Gasteiger charge is 2.22. The molecule has 0 amide bonds. The summed E-state index contributed by atoms with van der Waals surface area (Å²) < 4.78 is 39.2. The van der Waals surface area contributed by atoms with Gasteiger partial charge in [0.15, 0.2) is 11.5 Å². The number of hydrogen-bond donors (Lipinski definition) is 1. The molecule has 0 saturated heterocycles. The average Bonchev–Trinajstić information content (AvgIpc) is 2.69. The Labute approximate surface area is 190 Å². The van der Waals surface area contributed by atoms with Gasteiger partial charge in [0.05, 0.1) is 19.2 Å². The van der Waals surface area contributed by atoms with Gasteiger partial charge in [0.25, 0.3) is 0 Å². The number of rotatable bonds is 8. The van der Waals surface area contributed by atoms with Crippen molar-refractivity contribution < 1.29 is 17.9 Å². The monoisotopic (exact) mass is 550 g/mol. The number of nitrogens with one attached hydrogen (secondary N) is 1. The molecule has 0 atom stereocenters. The summed E-state index contributed by atoms with van der Waals surface area (Å²) in [5.41, 5.74) is 2.49. The predicted octanol–water partition coefficient (Wildman–Crippen LogP) is 3.69. The number of ether oxygens (including phenoxy) is 2. The fourth-order valence-electron chi connectivity index (χ4n) is 3.45. The maximum atomic E-state index is 12.6. The highest BCUT2D eigenvalue weighted by atomic mass is 127. The normalized spacial score (nSPS) is 14.5. The lowest BCUT2D eigenvalue weighted by Crippen LogP contribution is -2.34. The van der Waals surface area contributed by atoms with Crippen molar-refractivity contribution in [3.05, 3.63) is 50.1 Å². The van der Waals surface area contributed by atoms with Gasteiger partial charge < -0.3 is 9.47 Å². The number of fused-ring (bicyclic) bond motifs is 1. The van der Waals surface area contributed by atoms with Gasteiger partial charge in [0.2, 0.25) is 10.0 Å². The minimum Gasteiger partial charge on any atom is -0.493 e. The molecule has 0 unspecified atom stereocenters. The largest absolute Gasteiger partial charge is 0.493 e. The number of methoxy groups -OCH3 is 2. The number of benzene rings is 2. The molecule has 1 aliphatic heterocycles. The summed E-state index contributed by atoms with van der Waals surface area (Å²) in [7, 11) is -0.349. The van der Waals surface area contributed by atoms with Crippen LogP contribution in [0.1, 0.15) is 17.5 Å². The van der Waals surface area contributed by atoms with E-state index < -0.39 is 10.0 Å². The van der Waals surface area contributed by atoms with Crippen molar-refractivity contribution in [1.29, 1.82) is 0 Å². The van der Waals surface area contributed by atoms with Gasteiger partial charge in [-0.25, -0.2) is 13.1 Å². The SMILES string of the molecule is COc1cc2c(cc1OC)CN(CCCNS(=O)(=O)c1c(Cl)cccc1I)CC2. The molecule has 29 heavy (non-hydrogen) atoms. The van der Waals surface area contributed by atoms with Gasteiger partial charge >= 0.3 is 0 Å². The van der Waals surface area contributed by atoms with Crippen molar-refractivity contribution in [3.8, 4) is 11.5 Å². The fraction of sp³-hybridized carbons (Fsp3) is 0.400. The van der Waals surface area contributed by atoms with E-state index in [0.29, 0.717) is 16.5 Å². The third-order valence-corrected chi connectivity index (χ3v) is 8.18. The van der Waals surface area contributed by atoms with Crippen molar-refractivity contribution >= 4 is 44.2 Å². The van der Waals surface area contributed by atoms with E-state index in [1.807, 2.05) is 34.7 Å². The third kappa shape index (κ3) is 5.35. The first-order chi connectivity index (χ1) is 13.9. The molecule has 0 radical (unpaired) electrons. The first kappa shape index (κ1) is 22.6. The molecular formula is C20H24ClIN2O4S. The summed E-state index contributed by atoms with van der Waals surface area (Å²) >= 11 is 8.08. The van der Waals surface area contributed by atoms with Crippen LogP contribution in [0.5, 0.6) is 11.5 Å². The van der Waals surface area contributed by atoms with Crippen molar-refractivity contribution in [2.75, 3.05) is 33.9 Å². The molecule has 6 nitrogen and oxygen atoms in total. The molecular weight excluding hydrogens is 527 g/mol. The van der Waals surface area contributed by atoms with E-state index in [0.717, 1.165) is 37.6 Å². The van der Waals surface area contributed by atoms with Gasteiger partial charge in [-0.3, -0.25) is 4.90 Å². The Morgan fingerprint density at radius 1 is 1.17 bits per heavy atom. The lowest BCUT2D eigenvalue weighted by atomic mass is 9.98. The Balaban J connectivity index is 1.56. The second-order valence-corrected chi connectivity index (χ2v) is 10.1. The van der Waals surface area contributed by atoms with Crippen LogP contribution in [0.2, 0.25) is 5.02 Å². The standard InChI is InChI=1S/C20H24ClIN2O4S/c1-27-18-11-14-7-10-24(13-15(14)12-19(18)28-2)9-4-8-23-29(25,26)20-16(21)5-3-6-17(20)22/h3,5-6,11-12,23H,4,7-10,13H2,1-2H3. The third-order valence-electron chi connectivity index (χ3n) is 4.93. The quantitative estimate of drug-likeness (QED) is 0.401. The molecule has 1 N–H and O–H groups in total. The van der Waals surface area contributed by atoms with Crippen LogP contribution in [-0.2, 0) is 23.0 Å². The van der Waals surface area contributed by atoms with Crippen LogP contribution < -0.4 is 14.2 Å². The molecule has 0 spiro atoms. The summed E-state index contributed by atoms with van der Waals surface area (Å²) in [6, 6.07) is 9.14. The average molecular weight is 551 g/mol. The molecule has 0 aliphatic carbocycles. The Bertz CT molecular complexity index is 964. The van der Waals surface area contributed by atoms with Crippen LogP contribution in [-0.4, -0.2) is 47.2 Å². The van der Waals surface area contributed by atoms with Crippen molar-refractivity contribution in [2.45, 2.75) is 24.3 Å². The molecule has 3 rings (SSSR count). The van der Waals surface area contributed by atoms with Crippen molar-refractivity contribution in [1.82, 2.24) is 9.62 Å². The Kier molecular flexibility index (Phi) is 7.66. The van der Waals surface area contributed by atoms with E-state index in [1.54, 1.807) is 32.4 Å². The number of nitrogens with zero attached hydrogens (tertiary/aromatic N) is 1. The summed E-state index contributed by atoms with van der Waals surface area (Å²) in [5.74, 6) is 1.48. The maximum absolute atomic E-state index is 12.6. The van der Waals surface area contributed by atoms with Gasteiger partial charge in [0, 0.05) is 23.2 Å². The molecule has 158 valence electrons. The summed E-state index contributed by atoms with van der Waals surface area (Å²) in [6.45, 7) is 2.90. The summed E-state index contributed by atoms with van der Waals surface area (Å²) in [5, 5.41) is 0.237. The molecule has 0 saturated carbocycles. The van der Waals surface area contributed by atoms with Crippen LogP contribution in [0, 0.1) is 3.57 Å². The smallest absolute Gasteiger partial charge is 0.243 e. The zero-order valence-electron chi connectivity index (χ0n) is 16.4. The molecule has 1 aliphatic rings. The van der Waals surface area contributed by atoms with Gasteiger partial charge in [-0.2, -0.15) is 0 Å². The van der Waals surface area contributed by atoms with Crippen LogP contribution in [0.3, 0.4) is 0 Å². The number of halogens is 2. The van der Waals surface area contributed by atoms with Gasteiger partial charge in [-0.15, -0.1) is 0 Å². The van der Waals surface area contributed by atoms with Crippen LogP contribution in [0.25, 0.3) is 0 Å². The highest BCUT2D eigenvalue weighted by molar-refractivity contribution is 14.1. The number of sulfonamides is 1. The summed E-state index contributed by atoms with van der Waals surface area (Å²) in [6.07, 6.45) is 1.64. The van der Waals surface area contributed by atoms with Crippen LogP contribution in [0.4, 0.5) is 0 Å². The number of hydrogen-bond acceptors (Lipinski definition) is 5. The van der Waals surface area contributed by atoms with E-state index in [1.165, 1.54) is 11.1 Å². The molecule has 0 fully saturated rings. The van der Waals surface area contributed by atoms with E-state index in [-0.39, 0.29) is 9.92 Å². The summed E-state index contributed by atoms with van der Waals surface area (Å²) in [4.78, 5) is 2.47. The van der Waals surface area contributed by atoms with Crippen LogP contribution in [0.15, 0.2) is 35.2 Å². The second-order valence-electron chi connectivity index (χ2n) is 6.80.